The Morgan fingerprint density at radius 2 is 1.68 bits per heavy atom. The molecule has 0 heterocycles. The third-order valence-electron chi connectivity index (χ3n) is 5.63. The van der Waals surface area contributed by atoms with E-state index in [1.54, 1.807) is 30.3 Å². The molecule has 0 bridgehead atoms. The smallest absolute Gasteiger partial charge is 0.416 e. The topological polar surface area (TPSA) is 70.7 Å². The number of allylic oxidation sites excluding steroid dienone is 1. The Hall–Kier alpha value is -4.41. The number of amides is 2. The fourth-order valence-corrected chi connectivity index (χ4v) is 3.78. The number of para-hydroxylation sites is 1. The lowest BCUT2D eigenvalue weighted by atomic mass is 10.00. The Kier molecular flexibility index (Phi) is 9.06. The molecule has 0 aliphatic rings. The highest BCUT2D eigenvalue weighted by Gasteiger charge is 2.36. The predicted molar refractivity (Wildman–Crippen MR) is 132 cm³/mol. The van der Waals surface area contributed by atoms with Crippen molar-refractivity contribution in [2.24, 2.45) is 0 Å². The Morgan fingerprint density at radius 1 is 1.00 bits per heavy atom. The van der Waals surface area contributed by atoms with Gasteiger partial charge in [-0.1, -0.05) is 36.4 Å². The highest BCUT2D eigenvalue weighted by atomic mass is 19.4. The normalized spacial score (nSPS) is 11.9. The zero-order valence-corrected chi connectivity index (χ0v) is 20.4. The molecule has 0 fully saturated rings. The predicted octanol–water partition coefficient (Wildman–Crippen LogP) is 5.57. The molecule has 38 heavy (non-hydrogen) atoms. The number of carbonyl (C=O) groups is 2. The van der Waals surface area contributed by atoms with Crippen molar-refractivity contribution in [2.75, 3.05) is 19.1 Å². The lowest BCUT2D eigenvalue weighted by Crippen LogP contribution is -2.37. The molecule has 0 aliphatic carbocycles. The number of hydrogen-bond donors (Lipinski definition) is 2. The van der Waals surface area contributed by atoms with Crippen molar-refractivity contribution < 1.29 is 36.3 Å². The summed E-state index contributed by atoms with van der Waals surface area (Å²) in [5.74, 6) is -3.26. The maximum absolute atomic E-state index is 15.2. The number of methoxy groups -OCH3 is 1. The molecule has 11 heteroatoms. The molecule has 3 rings (SSSR count). The van der Waals surface area contributed by atoms with Crippen molar-refractivity contribution >= 4 is 23.6 Å². The minimum Gasteiger partial charge on any atom is -0.494 e. The van der Waals surface area contributed by atoms with Crippen LogP contribution in [0.25, 0.3) is 5.57 Å². The Bertz CT molecular complexity index is 1330. The van der Waals surface area contributed by atoms with Crippen molar-refractivity contribution in [1.29, 1.82) is 0 Å². The molecule has 0 atom stereocenters. The van der Waals surface area contributed by atoms with E-state index in [1.165, 1.54) is 32.2 Å². The zero-order chi connectivity index (χ0) is 27.9. The maximum atomic E-state index is 15.2. The molecular formula is C27H24F5N3O3. The lowest BCUT2D eigenvalue weighted by Gasteiger charge is -2.27. The van der Waals surface area contributed by atoms with Gasteiger partial charge in [0.25, 0.3) is 5.91 Å². The number of carbonyl (C=O) groups excluding carboxylic acids is 2. The summed E-state index contributed by atoms with van der Waals surface area (Å²) in [6.45, 7) is 0.134. The number of nitrogens with zero attached hydrogens (tertiary/aromatic N) is 1. The first-order valence-corrected chi connectivity index (χ1v) is 11.2. The summed E-state index contributed by atoms with van der Waals surface area (Å²) in [6, 6.07) is 14.9. The van der Waals surface area contributed by atoms with Crippen molar-refractivity contribution in [3.63, 3.8) is 0 Å². The van der Waals surface area contributed by atoms with Gasteiger partial charge in [0.15, 0.2) is 11.6 Å². The molecule has 6 nitrogen and oxygen atoms in total. The molecule has 3 aromatic carbocycles. The third-order valence-corrected chi connectivity index (χ3v) is 5.63. The number of alkyl halides is 3. The largest absolute Gasteiger partial charge is 0.494 e. The first-order chi connectivity index (χ1) is 18.1. The summed E-state index contributed by atoms with van der Waals surface area (Å²) in [7, 11) is 1.22. The highest BCUT2D eigenvalue weighted by Crippen LogP contribution is 2.35. The van der Waals surface area contributed by atoms with Crippen LogP contribution in [0.4, 0.5) is 27.6 Å². The minimum absolute atomic E-state index is 0.0774. The number of nitrogens with one attached hydrogen (secondary N) is 2. The molecule has 2 N–H and O–H groups in total. The van der Waals surface area contributed by atoms with Crippen LogP contribution in [0.15, 0.2) is 72.4 Å². The van der Waals surface area contributed by atoms with Crippen LogP contribution in [0.2, 0.25) is 0 Å². The lowest BCUT2D eigenvalue weighted by molar-refractivity contribution is -0.139. The maximum Gasteiger partial charge on any atom is 0.416 e. The van der Waals surface area contributed by atoms with Crippen LogP contribution in [-0.4, -0.2) is 31.0 Å². The molecule has 0 aromatic heterocycles. The summed E-state index contributed by atoms with van der Waals surface area (Å²) in [6.07, 6.45) is -4.63. The molecule has 0 unspecified atom stereocenters. The summed E-state index contributed by atoms with van der Waals surface area (Å²) in [5, 5.41) is 5.21. The Morgan fingerprint density at radius 3 is 2.32 bits per heavy atom. The first kappa shape index (κ1) is 28.2. The van der Waals surface area contributed by atoms with Crippen LogP contribution in [0.1, 0.15) is 23.6 Å². The van der Waals surface area contributed by atoms with Gasteiger partial charge < -0.3 is 20.3 Å². The molecular weight excluding hydrogens is 509 g/mol. The van der Waals surface area contributed by atoms with E-state index >= 15 is 4.39 Å². The number of hydrogen-bond acceptors (Lipinski definition) is 4. The van der Waals surface area contributed by atoms with E-state index in [4.69, 9.17) is 4.74 Å². The summed E-state index contributed by atoms with van der Waals surface area (Å²) in [5.41, 5.74) is -2.20. The van der Waals surface area contributed by atoms with Crippen molar-refractivity contribution in [3.05, 3.63) is 101 Å². The first-order valence-electron chi connectivity index (χ1n) is 11.2. The van der Waals surface area contributed by atoms with Gasteiger partial charge in [-0.15, -0.1) is 0 Å². The van der Waals surface area contributed by atoms with Crippen molar-refractivity contribution in [3.8, 4) is 5.75 Å². The van der Waals surface area contributed by atoms with E-state index in [1.807, 2.05) is 0 Å². The van der Waals surface area contributed by atoms with Gasteiger partial charge in [0, 0.05) is 22.5 Å². The number of halogens is 5. The van der Waals surface area contributed by atoms with Gasteiger partial charge in [-0.2, -0.15) is 13.2 Å². The van der Waals surface area contributed by atoms with Gasteiger partial charge >= 0.3 is 6.18 Å². The molecule has 0 radical (unpaired) electrons. The highest BCUT2D eigenvalue weighted by molar-refractivity contribution is 6.20. The molecule has 3 aromatic rings. The average Bonchev–Trinajstić information content (AvgIpc) is 2.88. The second-order valence-electron chi connectivity index (χ2n) is 8.05. The van der Waals surface area contributed by atoms with Crippen LogP contribution in [-0.2, 0) is 22.3 Å². The third kappa shape index (κ3) is 6.47. The van der Waals surface area contributed by atoms with Gasteiger partial charge in [0.1, 0.15) is 5.82 Å². The van der Waals surface area contributed by atoms with Crippen LogP contribution in [0, 0.1) is 11.6 Å². The van der Waals surface area contributed by atoms with Gasteiger partial charge in [0.05, 0.1) is 31.5 Å². The Labute approximate surface area is 215 Å². The van der Waals surface area contributed by atoms with E-state index in [9.17, 15) is 27.2 Å². The second kappa shape index (κ2) is 12.2. The minimum atomic E-state index is -4.90. The molecule has 0 saturated heterocycles. The van der Waals surface area contributed by atoms with E-state index in [0.717, 1.165) is 17.0 Å². The number of benzene rings is 3. The van der Waals surface area contributed by atoms with Crippen molar-refractivity contribution in [2.45, 2.75) is 19.6 Å². The van der Waals surface area contributed by atoms with Gasteiger partial charge in [-0.3, -0.25) is 9.59 Å². The number of anilines is 1. The average molecular weight is 533 g/mol. The molecule has 0 aliphatic heterocycles. The second-order valence-corrected chi connectivity index (χ2v) is 8.05. The van der Waals surface area contributed by atoms with Crippen LogP contribution < -0.4 is 15.4 Å². The van der Waals surface area contributed by atoms with Gasteiger partial charge in [-0.25, -0.2) is 8.78 Å². The van der Waals surface area contributed by atoms with E-state index < -0.39 is 41.4 Å². The summed E-state index contributed by atoms with van der Waals surface area (Å²) < 4.78 is 76.1. The van der Waals surface area contributed by atoms with Crippen molar-refractivity contribution in [1.82, 2.24) is 10.2 Å². The van der Waals surface area contributed by atoms with Gasteiger partial charge in [-0.05, 0) is 37.3 Å². The van der Waals surface area contributed by atoms with E-state index in [-0.39, 0.29) is 35.7 Å². The zero-order valence-electron chi connectivity index (χ0n) is 20.4. The molecule has 200 valence electrons. The SMILES string of the molecule is COc1cccc(/C(C(=O)N(CNc2ccccc2)Cc2c(F)cccc2C(F)(F)F)=C(\C)NC=O)c1F. The molecule has 2 amide bonds. The monoisotopic (exact) mass is 533 g/mol. The van der Waals surface area contributed by atoms with E-state index in [2.05, 4.69) is 10.6 Å². The van der Waals surface area contributed by atoms with Crippen LogP contribution in [0.5, 0.6) is 5.75 Å². The van der Waals surface area contributed by atoms with Gasteiger partial charge in [0.2, 0.25) is 6.41 Å². The molecule has 0 spiro atoms. The van der Waals surface area contributed by atoms with Crippen LogP contribution in [0.3, 0.4) is 0 Å². The standard InChI is InChI=1S/C27H24F5N3O3/c1-17(34-16-36)24(19-10-6-13-23(38-2)25(19)29)26(37)35(15-33-18-8-4-3-5-9-18)14-20-21(27(30,31)32)11-7-12-22(20)28/h3-13,16,33H,14-15H2,1-2H3,(H,34,36)/b24-17-. The fourth-order valence-electron chi connectivity index (χ4n) is 3.78. The number of ether oxygens (including phenoxy) is 1. The quantitative estimate of drug-likeness (QED) is 0.155. The van der Waals surface area contributed by atoms with E-state index in [0.29, 0.717) is 11.8 Å². The summed E-state index contributed by atoms with van der Waals surface area (Å²) >= 11 is 0. The fraction of sp³-hybridized carbons (Fsp3) is 0.185. The number of rotatable bonds is 10. The molecule has 0 saturated carbocycles. The summed E-state index contributed by atoms with van der Waals surface area (Å²) in [4.78, 5) is 25.9. The van der Waals surface area contributed by atoms with Crippen LogP contribution >= 0.6 is 0 Å². The Balaban J connectivity index is 2.14.